The van der Waals surface area contributed by atoms with Gasteiger partial charge in [0.05, 0.1) is 30.4 Å². The Hall–Kier alpha value is -2.68. The van der Waals surface area contributed by atoms with Crippen molar-refractivity contribution in [3.05, 3.63) is 41.7 Å². The van der Waals surface area contributed by atoms with Crippen LogP contribution in [0, 0.1) is 5.92 Å². The zero-order valence-electron chi connectivity index (χ0n) is 16.3. The summed E-state index contributed by atoms with van der Waals surface area (Å²) in [6.07, 6.45) is 2.61. The van der Waals surface area contributed by atoms with Crippen LogP contribution in [0.5, 0.6) is 11.6 Å². The predicted molar refractivity (Wildman–Crippen MR) is 114 cm³/mol. The zero-order valence-corrected chi connectivity index (χ0v) is 17.1. The topological polar surface area (TPSA) is 90.4 Å². The molecule has 2 N–H and O–H groups in total. The van der Waals surface area contributed by atoms with Gasteiger partial charge in [0.25, 0.3) is 0 Å². The van der Waals surface area contributed by atoms with Crippen LogP contribution in [0.3, 0.4) is 0 Å². The Morgan fingerprint density at radius 1 is 1.20 bits per heavy atom. The van der Waals surface area contributed by atoms with Gasteiger partial charge in [-0.1, -0.05) is 11.6 Å². The lowest BCUT2D eigenvalue weighted by Gasteiger charge is -2.25. The summed E-state index contributed by atoms with van der Waals surface area (Å²) in [7, 11) is 0. The van der Waals surface area contributed by atoms with E-state index in [0.29, 0.717) is 40.5 Å². The fraction of sp³-hybridized carbons (Fsp3) is 0.381. The Labute approximate surface area is 178 Å². The van der Waals surface area contributed by atoms with Crippen LogP contribution in [0.25, 0.3) is 11.0 Å². The maximum atomic E-state index is 6.41. The van der Waals surface area contributed by atoms with Gasteiger partial charge in [-0.15, -0.1) is 0 Å². The minimum Gasteiger partial charge on any atom is -0.492 e. The summed E-state index contributed by atoms with van der Waals surface area (Å²) < 4.78 is 16.9. The molecule has 2 aromatic heterocycles. The van der Waals surface area contributed by atoms with E-state index in [1.54, 1.807) is 0 Å². The van der Waals surface area contributed by atoms with Crippen molar-refractivity contribution in [1.29, 1.82) is 0 Å². The summed E-state index contributed by atoms with van der Waals surface area (Å²) in [4.78, 5) is 13.3. The van der Waals surface area contributed by atoms with Crippen molar-refractivity contribution in [1.82, 2.24) is 20.3 Å². The van der Waals surface area contributed by atoms with Gasteiger partial charge in [-0.2, -0.15) is 0 Å². The smallest absolute Gasteiger partial charge is 0.214 e. The molecule has 0 aliphatic carbocycles. The first-order valence-electron chi connectivity index (χ1n) is 10.0. The Morgan fingerprint density at radius 3 is 2.90 bits per heavy atom. The lowest BCUT2D eigenvalue weighted by Crippen LogP contribution is -2.32. The number of fused-ring (bicyclic) bond motifs is 1. The lowest BCUT2D eigenvalue weighted by molar-refractivity contribution is -0.0508. The van der Waals surface area contributed by atoms with Crippen LogP contribution in [0.2, 0.25) is 5.02 Å². The molecule has 4 heterocycles. The molecule has 1 aromatic carbocycles. The van der Waals surface area contributed by atoms with E-state index in [0.717, 1.165) is 43.9 Å². The molecule has 3 aromatic rings. The molecule has 0 saturated carbocycles. The van der Waals surface area contributed by atoms with Gasteiger partial charge < -0.3 is 24.8 Å². The number of ether oxygens (including phenoxy) is 3. The zero-order chi connectivity index (χ0) is 20.3. The van der Waals surface area contributed by atoms with Gasteiger partial charge in [0.1, 0.15) is 23.7 Å². The van der Waals surface area contributed by atoms with Gasteiger partial charge in [0.15, 0.2) is 5.82 Å². The van der Waals surface area contributed by atoms with E-state index in [9.17, 15) is 0 Å². The van der Waals surface area contributed by atoms with E-state index in [-0.39, 0.29) is 6.10 Å². The summed E-state index contributed by atoms with van der Waals surface area (Å²) in [5.41, 5.74) is 2.16. The largest absolute Gasteiger partial charge is 0.492 e. The maximum absolute atomic E-state index is 6.41. The molecule has 5 rings (SSSR count). The molecular formula is C21H22ClN5O3. The third kappa shape index (κ3) is 4.26. The van der Waals surface area contributed by atoms with Gasteiger partial charge in [0, 0.05) is 24.2 Å². The minimum atomic E-state index is 0.133. The Bertz CT molecular complexity index is 1040. The quantitative estimate of drug-likeness (QED) is 0.594. The van der Waals surface area contributed by atoms with Crippen molar-refractivity contribution in [2.45, 2.75) is 12.5 Å². The summed E-state index contributed by atoms with van der Waals surface area (Å²) in [6.45, 7) is 3.88. The highest BCUT2D eigenvalue weighted by Gasteiger charge is 2.20. The first-order valence-corrected chi connectivity index (χ1v) is 10.4. The number of nitrogens with one attached hydrogen (secondary N) is 2. The first kappa shape index (κ1) is 19.3. The van der Waals surface area contributed by atoms with Crippen molar-refractivity contribution >= 4 is 34.1 Å². The Morgan fingerprint density at radius 2 is 2.13 bits per heavy atom. The van der Waals surface area contributed by atoms with E-state index in [1.165, 1.54) is 6.33 Å². The van der Waals surface area contributed by atoms with Crippen LogP contribution < -0.4 is 20.1 Å². The van der Waals surface area contributed by atoms with Gasteiger partial charge in [-0.25, -0.2) is 15.0 Å². The molecule has 0 amide bonds. The fourth-order valence-electron chi connectivity index (χ4n) is 3.40. The van der Waals surface area contributed by atoms with Crippen molar-refractivity contribution in [3.63, 3.8) is 0 Å². The summed E-state index contributed by atoms with van der Waals surface area (Å²) in [5.74, 6) is 2.25. The summed E-state index contributed by atoms with van der Waals surface area (Å²) in [5, 5.41) is 7.10. The number of benzene rings is 1. The second kappa shape index (κ2) is 8.59. The normalized spacial score (nSPS) is 18.9. The van der Waals surface area contributed by atoms with Crippen LogP contribution in [-0.4, -0.2) is 54.0 Å². The molecule has 0 spiro atoms. The van der Waals surface area contributed by atoms with Gasteiger partial charge in [-0.3, -0.25) is 0 Å². The number of nitrogens with zero attached hydrogens (tertiary/aromatic N) is 3. The SMILES string of the molecule is Clc1cc(Nc2ncnc3ccc(O[C@H]4CCNC4)nc23)ccc1OCC1COC1. The number of anilines is 2. The minimum absolute atomic E-state index is 0.133. The second-order valence-electron chi connectivity index (χ2n) is 7.46. The highest BCUT2D eigenvalue weighted by atomic mass is 35.5. The van der Waals surface area contributed by atoms with Crippen LogP contribution in [-0.2, 0) is 4.74 Å². The molecule has 0 radical (unpaired) electrons. The van der Waals surface area contributed by atoms with E-state index < -0.39 is 0 Å². The van der Waals surface area contributed by atoms with Crippen LogP contribution in [0.15, 0.2) is 36.7 Å². The standard InChI is InChI=1S/C21H22ClN5O3/c22-16-7-14(1-3-18(16)29-11-13-9-28-10-13)26-21-20-17(24-12-25-21)2-4-19(27-20)30-15-5-6-23-8-15/h1-4,7,12-13,15,23H,5-6,8-11H2,(H,24,25,26)/t15-/m0/s1. The van der Waals surface area contributed by atoms with Crippen LogP contribution in [0.1, 0.15) is 6.42 Å². The van der Waals surface area contributed by atoms with Crippen molar-refractivity contribution in [2.75, 3.05) is 38.2 Å². The number of hydrogen-bond acceptors (Lipinski definition) is 8. The molecule has 8 nitrogen and oxygen atoms in total. The molecular weight excluding hydrogens is 406 g/mol. The number of hydrogen-bond donors (Lipinski definition) is 2. The van der Waals surface area contributed by atoms with Gasteiger partial charge >= 0.3 is 0 Å². The molecule has 0 bridgehead atoms. The molecule has 2 fully saturated rings. The Balaban J connectivity index is 1.34. The van der Waals surface area contributed by atoms with E-state index in [2.05, 4.69) is 25.6 Å². The maximum Gasteiger partial charge on any atom is 0.214 e. The number of halogens is 1. The van der Waals surface area contributed by atoms with Crippen LogP contribution in [0.4, 0.5) is 11.5 Å². The number of aromatic nitrogens is 3. The second-order valence-corrected chi connectivity index (χ2v) is 7.86. The monoisotopic (exact) mass is 427 g/mol. The molecule has 30 heavy (non-hydrogen) atoms. The summed E-state index contributed by atoms with van der Waals surface area (Å²) in [6, 6.07) is 9.29. The van der Waals surface area contributed by atoms with E-state index >= 15 is 0 Å². The Kier molecular flexibility index (Phi) is 5.52. The van der Waals surface area contributed by atoms with Crippen molar-refractivity contribution < 1.29 is 14.2 Å². The molecule has 2 aliphatic heterocycles. The van der Waals surface area contributed by atoms with Crippen LogP contribution >= 0.6 is 11.6 Å². The van der Waals surface area contributed by atoms with Gasteiger partial charge in [-0.05, 0) is 37.2 Å². The third-order valence-corrected chi connectivity index (χ3v) is 5.43. The summed E-state index contributed by atoms with van der Waals surface area (Å²) >= 11 is 6.41. The van der Waals surface area contributed by atoms with E-state index in [1.807, 2.05) is 30.3 Å². The fourth-order valence-corrected chi connectivity index (χ4v) is 3.63. The average Bonchev–Trinajstić information content (AvgIpc) is 3.22. The van der Waals surface area contributed by atoms with E-state index in [4.69, 9.17) is 25.8 Å². The molecule has 0 unspecified atom stereocenters. The number of pyridine rings is 1. The predicted octanol–water partition coefficient (Wildman–Crippen LogP) is 3.19. The third-order valence-electron chi connectivity index (χ3n) is 5.14. The van der Waals surface area contributed by atoms with Gasteiger partial charge in [0.2, 0.25) is 5.88 Å². The van der Waals surface area contributed by atoms with Crippen molar-refractivity contribution in [2.24, 2.45) is 5.92 Å². The molecule has 9 heteroatoms. The molecule has 2 saturated heterocycles. The van der Waals surface area contributed by atoms with Crippen molar-refractivity contribution in [3.8, 4) is 11.6 Å². The molecule has 1 atom stereocenters. The lowest BCUT2D eigenvalue weighted by atomic mass is 10.1. The first-order chi connectivity index (χ1) is 14.7. The number of rotatable bonds is 7. The molecule has 2 aliphatic rings. The molecule has 156 valence electrons. The highest BCUT2D eigenvalue weighted by Crippen LogP contribution is 2.31. The highest BCUT2D eigenvalue weighted by molar-refractivity contribution is 6.32. The average molecular weight is 428 g/mol.